The predicted octanol–water partition coefficient (Wildman–Crippen LogP) is 2.49. The number of carbonyl (C=O) groups is 1. The zero-order valence-corrected chi connectivity index (χ0v) is 10.7. The summed E-state index contributed by atoms with van der Waals surface area (Å²) < 4.78 is 5.12. The van der Waals surface area contributed by atoms with Gasteiger partial charge in [0.25, 0.3) is 0 Å². The SMILES string of the molecule is O=C(Cc1nc(-c2cncs2)no1)C1CCCC1. The van der Waals surface area contributed by atoms with Gasteiger partial charge in [-0.05, 0) is 12.8 Å². The summed E-state index contributed by atoms with van der Waals surface area (Å²) in [6.07, 6.45) is 6.29. The first kappa shape index (κ1) is 11.5. The number of carbonyl (C=O) groups excluding carboxylic acids is 1. The first-order chi connectivity index (χ1) is 8.83. The topological polar surface area (TPSA) is 68.9 Å². The highest BCUT2D eigenvalue weighted by atomic mass is 32.1. The number of ketones is 1. The maximum Gasteiger partial charge on any atom is 0.234 e. The molecule has 94 valence electrons. The van der Waals surface area contributed by atoms with E-state index in [-0.39, 0.29) is 18.1 Å². The number of aromatic nitrogens is 3. The Morgan fingerprint density at radius 2 is 2.28 bits per heavy atom. The molecule has 0 N–H and O–H groups in total. The molecule has 0 amide bonds. The highest BCUT2D eigenvalue weighted by molar-refractivity contribution is 7.13. The third-order valence-electron chi connectivity index (χ3n) is 3.26. The van der Waals surface area contributed by atoms with Crippen LogP contribution in [0.3, 0.4) is 0 Å². The summed E-state index contributed by atoms with van der Waals surface area (Å²) in [5, 5.41) is 3.87. The second kappa shape index (κ2) is 4.97. The van der Waals surface area contributed by atoms with E-state index in [0.29, 0.717) is 11.7 Å². The molecule has 5 nitrogen and oxygen atoms in total. The van der Waals surface area contributed by atoms with Crippen molar-refractivity contribution in [2.45, 2.75) is 32.1 Å². The van der Waals surface area contributed by atoms with Gasteiger partial charge in [0.2, 0.25) is 11.7 Å². The number of thiazole rings is 1. The second-order valence-electron chi connectivity index (χ2n) is 4.50. The summed E-state index contributed by atoms with van der Waals surface area (Å²) in [7, 11) is 0. The Kier molecular flexibility index (Phi) is 3.19. The molecule has 2 aromatic rings. The van der Waals surface area contributed by atoms with Crippen molar-refractivity contribution in [1.82, 2.24) is 15.1 Å². The minimum Gasteiger partial charge on any atom is -0.338 e. The van der Waals surface area contributed by atoms with Crippen molar-refractivity contribution < 1.29 is 9.32 Å². The van der Waals surface area contributed by atoms with Gasteiger partial charge in [0.15, 0.2) is 0 Å². The van der Waals surface area contributed by atoms with Gasteiger partial charge in [-0.3, -0.25) is 9.78 Å². The predicted molar refractivity (Wildman–Crippen MR) is 66.1 cm³/mol. The molecule has 2 heterocycles. The lowest BCUT2D eigenvalue weighted by Gasteiger charge is -2.04. The molecular formula is C12H13N3O2S. The molecule has 1 aliphatic rings. The van der Waals surface area contributed by atoms with Crippen LogP contribution < -0.4 is 0 Å². The summed E-state index contributed by atoms with van der Waals surface area (Å²) in [5.41, 5.74) is 1.72. The van der Waals surface area contributed by atoms with E-state index in [9.17, 15) is 4.79 Å². The van der Waals surface area contributed by atoms with Crippen LogP contribution in [0.5, 0.6) is 0 Å². The molecule has 0 atom stereocenters. The standard InChI is InChI=1S/C12H13N3O2S/c16-9(8-3-1-2-4-8)5-11-14-12(15-17-11)10-6-13-7-18-10/h6-8H,1-5H2. The van der Waals surface area contributed by atoms with Gasteiger partial charge >= 0.3 is 0 Å². The third kappa shape index (κ3) is 2.33. The smallest absolute Gasteiger partial charge is 0.234 e. The largest absolute Gasteiger partial charge is 0.338 e. The van der Waals surface area contributed by atoms with E-state index in [1.807, 2.05) is 0 Å². The fourth-order valence-electron chi connectivity index (χ4n) is 2.29. The van der Waals surface area contributed by atoms with E-state index >= 15 is 0 Å². The molecule has 1 aliphatic carbocycles. The van der Waals surface area contributed by atoms with Crippen molar-refractivity contribution in [3.05, 3.63) is 17.6 Å². The second-order valence-corrected chi connectivity index (χ2v) is 5.39. The van der Waals surface area contributed by atoms with Crippen molar-refractivity contribution in [1.29, 1.82) is 0 Å². The first-order valence-corrected chi connectivity index (χ1v) is 6.95. The number of nitrogens with zero attached hydrogens (tertiary/aromatic N) is 3. The van der Waals surface area contributed by atoms with Crippen molar-refractivity contribution in [3.63, 3.8) is 0 Å². The fourth-order valence-corrected chi connectivity index (χ4v) is 2.84. The Morgan fingerprint density at radius 1 is 1.44 bits per heavy atom. The molecule has 0 radical (unpaired) electrons. The zero-order chi connectivity index (χ0) is 12.4. The fraction of sp³-hybridized carbons (Fsp3) is 0.500. The van der Waals surface area contributed by atoms with E-state index in [2.05, 4.69) is 15.1 Å². The summed E-state index contributed by atoms with van der Waals surface area (Å²) in [4.78, 5) is 21.0. The van der Waals surface area contributed by atoms with Crippen LogP contribution in [0.1, 0.15) is 31.6 Å². The summed E-state index contributed by atoms with van der Waals surface area (Å²) in [6, 6.07) is 0. The van der Waals surface area contributed by atoms with Gasteiger partial charge in [-0.15, -0.1) is 11.3 Å². The van der Waals surface area contributed by atoms with Crippen LogP contribution in [0, 0.1) is 5.92 Å². The zero-order valence-electron chi connectivity index (χ0n) is 9.83. The molecule has 18 heavy (non-hydrogen) atoms. The number of hydrogen-bond acceptors (Lipinski definition) is 6. The molecule has 6 heteroatoms. The van der Waals surface area contributed by atoms with Crippen LogP contribution in [-0.4, -0.2) is 20.9 Å². The van der Waals surface area contributed by atoms with E-state index < -0.39 is 0 Å². The minimum atomic E-state index is 0.198. The van der Waals surface area contributed by atoms with E-state index in [1.54, 1.807) is 11.7 Å². The molecule has 1 fully saturated rings. The average molecular weight is 263 g/mol. The normalized spacial score (nSPS) is 16.2. The molecule has 1 saturated carbocycles. The van der Waals surface area contributed by atoms with Crippen LogP contribution in [0.15, 0.2) is 16.2 Å². The third-order valence-corrected chi connectivity index (χ3v) is 4.03. The maximum atomic E-state index is 12.0. The van der Waals surface area contributed by atoms with Crippen molar-refractivity contribution >= 4 is 17.1 Å². The summed E-state index contributed by atoms with van der Waals surface area (Å²) in [6.45, 7) is 0. The van der Waals surface area contributed by atoms with Crippen molar-refractivity contribution in [3.8, 4) is 10.7 Å². The Hall–Kier alpha value is -1.56. The van der Waals surface area contributed by atoms with Gasteiger partial charge in [-0.2, -0.15) is 4.98 Å². The molecule has 0 bridgehead atoms. The lowest BCUT2D eigenvalue weighted by molar-refractivity contribution is -0.122. The Labute approximate surface area is 108 Å². The summed E-state index contributed by atoms with van der Waals surface area (Å²) >= 11 is 1.45. The lowest BCUT2D eigenvalue weighted by Crippen LogP contribution is -2.13. The van der Waals surface area contributed by atoms with Gasteiger partial charge in [-0.25, -0.2) is 0 Å². The highest BCUT2D eigenvalue weighted by Crippen LogP contribution is 2.27. The highest BCUT2D eigenvalue weighted by Gasteiger charge is 2.24. The maximum absolute atomic E-state index is 12.0. The number of rotatable bonds is 4. The van der Waals surface area contributed by atoms with Gasteiger partial charge in [0.1, 0.15) is 5.78 Å². The van der Waals surface area contributed by atoms with Gasteiger partial charge < -0.3 is 4.52 Å². The van der Waals surface area contributed by atoms with Crippen LogP contribution in [0.25, 0.3) is 10.7 Å². The number of Topliss-reactive ketones (excluding diaryl/α,β-unsaturated/α-hetero) is 1. The van der Waals surface area contributed by atoms with Gasteiger partial charge in [0.05, 0.1) is 16.8 Å². The Balaban J connectivity index is 1.68. The number of hydrogen-bond donors (Lipinski definition) is 0. The van der Waals surface area contributed by atoms with Gasteiger partial charge in [-0.1, -0.05) is 18.0 Å². The lowest BCUT2D eigenvalue weighted by atomic mass is 10.0. The van der Waals surface area contributed by atoms with Crippen LogP contribution in [-0.2, 0) is 11.2 Å². The van der Waals surface area contributed by atoms with Gasteiger partial charge in [0, 0.05) is 12.1 Å². The monoisotopic (exact) mass is 263 g/mol. The Morgan fingerprint density at radius 3 is 3.00 bits per heavy atom. The molecule has 0 unspecified atom stereocenters. The molecule has 0 aliphatic heterocycles. The van der Waals surface area contributed by atoms with Crippen molar-refractivity contribution in [2.75, 3.05) is 0 Å². The summed E-state index contributed by atoms with van der Waals surface area (Å²) in [5.74, 6) is 1.36. The molecule has 0 aromatic carbocycles. The molecular weight excluding hydrogens is 250 g/mol. The van der Waals surface area contributed by atoms with Crippen molar-refractivity contribution in [2.24, 2.45) is 5.92 Å². The quantitative estimate of drug-likeness (QED) is 0.847. The van der Waals surface area contributed by atoms with E-state index in [1.165, 1.54) is 11.3 Å². The minimum absolute atomic E-state index is 0.198. The molecule has 0 spiro atoms. The van der Waals surface area contributed by atoms with Crippen LogP contribution in [0.2, 0.25) is 0 Å². The Bertz CT molecular complexity index is 529. The molecule has 2 aromatic heterocycles. The van der Waals surface area contributed by atoms with E-state index in [4.69, 9.17) is 4.52 Å². The van der Waals surface area contributed by atoms with E-state index in [0.717, 1.165) is 30.6 Å². The molecule has 0 saturated heterocycles. The average Bonchev–Trinajstić information content (AvgIpc) is 3.12. The first-order valence-electron chi connectivity index (χ1n) is 6.07. The van der Waals surface area contributed by atoms with Crippen LogP contribution >= 0.6 is 11.3 Å². The van der Waals surface area contributed by atoms with Crippen LogP contribution in [0.4, 0.5) is 0 Å². The molecule has 3 rings (SSSR count).